The summed E-state index contributed by atoms with van der Waals surface area (Å²) < 4.78 is 127. The molecule has 2 aromatic carbocycles. The van der Waals surface area contributed by atoms with E-state index in [9.17, 15) is 44.6 Å². The van der Waals surface area contributed by atoms with Crippen LogP contribution in [-0.2, 0) is 43.4 Å². The lowest BCUT2D eigenvalue weighted by molar-refractivity contribution is -0.143. The Bertz CT molecular complexity index is 1320. The maximum Gasteiger partial charge on any atom is 0.416 e. The summed E-state index contributed by atoms with van der Waals surface area (Å²) in [5, 5.41) is 22.5. The zero-order valence-corrected chi connectivity index (χ0v) is 21.4. The summed E-state index contributed by atoms with van der Waals surface area (Å²) in [7, 11) is 1.35. The molecule has 0 bridgehead atoms. The lowest BCUT2D eigenvalue weighted by Crippen LogP contribution is -2.27. The van der Waals surface area contributed by atoms with Crippen LogP contribution in [0.5, 0.6) is 0 Å². The summed E-state index contributed by atoms with van der Waals surface area (Å²) in [4.78, 5) is 2.07. The first kappa shape index (κ1) is 30.6. The van der Waals surface area contributed by atoms with Crippen molar-refractivity contribution in [3.05, 3.63) is 69.8 Å². The predicted octanol–water partition coefficient (Wildman–Crippen LogP) is 5.93. The van der Waals surface area contributed by atoms with Crippen LogP contribution in [0.15, 0.2) is 36.4 Å². The minimum atomic E-state index is -5.10. The first-order valence-corrected chi connectivity index (χ1v) is 12.3. The third-order valence-electron chi connectivity index (χ3n) is 6.66. The molecule has 1 fully saturated rings. The largest absolute Gasteiger partial charge is 0.416 e. The summed E-state index contributed by atoms with van der Waals surface area (Å²) in [6.45, 7) is -0.473. The Morgan fingerprint density at radius 3 is 1.98 bits per heavy atom. The van der Waals surface area contributed by atoms with E-state index in [2.05, 4.69) is 15.4 Å². The molecule has 16 heteroatoms. The average molecular weight is 597 g/mol. The van der Waals surface area contributed by atoms with Crippen molar-refractivity contribution in [2.75, 3.05) is 18.1 Å². The van der Waals surface area contributed by atoms with E-state index in [4.69, 9.17) is 4.74 Å². The predicted molar refractivity (Wildman–Crippen MR) is 125 cm³/mol. The van der Waals surface area contributed by atoms with E-state index >= 15 is 0 Å². The van der Waals surface area contributed by atoms with Gasteiger partial charge in [0.1, 0.15) is 0 Å². The van der Waals surface area contributed by atoms with Gasteiger partial charge in [-0.1, -0.05) is 11.2 Å². The van der Waals surface area contributed by atoms with Gasteiger partial charge in [-0.25, -0.2) is 0 Å². The van der Waals surface area contributed by atoms with E-state index in [0.29, 0.717) is 38.2 Å². The Kier molecular flexibility index (Phi) is 8.55. The fraction of sp³-hybridized carbons (Fsp3) is 0.480. The van der Waals surface area contributed by atoms with Crippen LogP contribution in [0.25, 0.3) is 0 Å². The van der Waals surface area contributed by atoms with Crippen molar-refractivity contribution in [3.8, 4) is 0 Å². The Morgan fingerprint density at radius 1 is 0.878 bits per heavy atom. The molecule has 0 amide bonds. The number of ether oxygens (including phenoxy) is 1. The van der Waals surface area contributed by atoms with Crippen LogP contribution < -0.4 is 4.90 Å². The molecule has 1 atom stereocenters. The van der Waals surface area contributed by atoms with Gasteiger partial charge in [0, 0.05) is 26.3 Å². The van der Waals surface area contributed by atoms with E-state index in [1.165, 1.54) is 7.05 Å². The number of benzene rings is 2. The van der Waals surface area contributed by atoms with Crippen molar-refractivity contribution in [2.45, 2.75) is 50.6 Å². The molecule has 0 aliphatic carbocycles. The number of tetrazole rings is 1. The molecule has 224 valence electrons. The number of halogens is 9. The number of nitrogens with zero attached hydrogens (tertiary/aromatic N) is 5. The van der Waals surface area contributed by atoms with Gasteiger partial charge in [0.2, 0.25) is 0 Å². The van der Waals surface area contributed by atoms with Gasteiger partial charge in [-0.05, 0) is 71.0 Å². The van der Waals surface area contributed by atoms with Crippen molar-refractivity contribution >= 4 is 5.95 Å². The highest BCUT2D eigenvalue weighted by molar-refractivity contribution is 5.41. The van der Waals surface area contributed by atoms with Crippen LogP contribution in [0, 0.1) is 5.92 Å². The van der Waals surface area contributed by atoms with Gasteiger partial charge in [-0.15, -0.1) is 5.10 Å². The molecule has 0 radical (unpaired) electrons. The lowest BCUT2D eigenvalue weighted by Gasteiger charge is -2.30. The van der Waals surface area contributed by atoms with Crippen molar-refractivity contribution in [2.24, 2.45) is 13.0 Å². The maximum absolute atomic E-state index is 13.6. The zero-order valence-electron chi connectivity index (χ0n) is 21.4. The second-order valence-electron chi connectivity index (χ2n) is 9.66. The molecule has 3 aromatic rings. The topological polar surface area (TPSA) is 76.3 Å². The van der Waals surface area contributed by atoms with Crippen LogP contribution >= 0.6 is 0 Å². The van der Waals surface area contributed by atoms with E-state index in [1.54, 1.807) is 0 Å². The molecular formula is C25H24F9N5O2. The SMILES string of the molecule is Cn1nnc(N(Cc2cc(C(F)(F)F)cc(C(F)(F)F)c2)Cc2cc(C(F)(F)F)ccc2C(O)C2CCOCC2)n1. The molecule has 0 spiro atoms. The van der Waals surface area contributed by atoms with Crippen LogP contribution in [0.3, 0.4) is 0 Å². The van der Waals surface area contributed by atoms with E-state index in [0.717, 1.165) is 27.9 Å². The van der Waals surface area contributed by atoms with Gasteiger partial charge in [-0.3, -0.25) is 0 Å². The molecule has 1 aromatic heterocycles. The summed E-state index contributed by atoms with van der Waals surface area (Å²) >= 11 is 0. The van der Waals surface area contributed by atoms with E-state index < -0.39 is 60.0 Å². The minimum absolute atomic E-state index is 0.0242. The summed E-state index contributed by atoms with van der Waals surface area (Å²) in [6, 6.07) is 3.71. The van der Waals surface area contributed by atoms with Crippen molar-refractivity contribution in [1.82, 2.24) is 20.2 Å². The number of hydrogen-bond donors (Lipinski definition) is 1. The summed E-state index contributed by atoms with van der Waals surface area (Å²) in [5.74, 6) is -0.609. The number of anilines is 1. The average Bonchev–Trinajstić information content (AvgIpc) is 3.33. The Balaban J connectivity index is 1.79. The van der Waals surface area contributed by atoms with Crippen molar-refractivity contribution in [1.29, 1.82) is 0 Å². The zero-order chi connectivity index (χ0) is 30.2. The molecule has 7 nitrogen and oxygen atoms in total. The van der Waals surface area contributed by atoms with Gasteiger partial charge in [0.05, 0.1) is 29.8 Å². The molecule has 0 saturated carbocycles. The monoisotopic (exact) mass is 597 g/mol. The first-order valence-electron chi connectivity index (χ1n) is 12.3. The van der Waals surface area contributed by atoms with Gasteiger partial charge >= 0.3 is 18.5 Å². The van der Waals surface area contributed by atoms with Crippen LogP contribution in [-0.4, -0.2) is 38.5 Å². The number of aliphatic hydroxyl groups excluding tert-OH is 1. The first-order chi connectivity index (χ1) is 19.0. The van der Waals surface area contributed by atoms with Crippen molar-refractivity contribution in [3.63, 3.8) is 0 Å². The summed E-state index contributed by atoms with van der Waals surface area (Å²) in [5.41, 5.74) is -4.54. The third-order valence-corrected chi connectivity index (χ3v) is 6.66. The number of hydrogen-bond acceptors (Lipinski definition) is 6. The quantitative estimate of drug-likeness (QED) is 0.340. The fourth-order valence-corrected chi connectivity index (χ4v) is 4.63. The van der Waals surface area contributed by atoms with Crippen LogP contribution in [0.4, 0.5) is 45.5 Å². The van der Waals surface area contributed by atoms with E-state index in [1.807, 2.05) is 0 Å². The number of alkyl halides is 9. The molecule has 1 unspecified atom stereocenters. The molecule has 1 aliphatic heterocycles. The molecule has 2 heterocycles. The number of aromatic nitrogens is 4. The molecule has 1 saturated heterocycles. The lowest BCUT2D eigenvalue weighted by atomic mass is 9.86. The van der Waals surface area contributed by atoms with E-state index in [-0.39, 0.29) is 29.1 Å². The number of rotatable bonds is 7. The van der Waals surface area contributed by atoms with Gasteiger partial charge in [-0.2, -0.15) is 44.3 Å². The smallest absolute Gasteiger partial charge is 0.388 e. The van der Waals surface area contributed by atoms with Crippen molar-refractivity contribution < 1.29 is 49.4 Å². The minimum Gasteiger partial charge on any atom is -0.388 e. The standard InChI is InChI=1S/C25H24F9N5O2/c1-38-36-22(35-37-38)39(12-14-8-18(24(29,30)31)11-19(9-14)25(32,33)34)13-16-10-17(23(26,27)28)2-3-20(16)21(40)15-4-6-41-7-5-15/h2-3,8-11,15,21,40H,4-7,12-13H2,1H3. The fourth-order valence-electron chi connectivity index (χ4n) is 4.63. The maximum atomic E-state index is 13.6. The molecule has 4 rings (SSSR count). The van der Waals surface area contributed by atoms with Crippen LogP contribution in [0.1, 0.15) is 52.3 Å². The second kappa shape index (κ2) is 11.5. The Labute approximate surface area is 227 Å². The second-order valence-corrected chi connectivity index (χ2v) is 9.66. The van der Waals surface area contributed by atoms with Crippen LogP contribution in [0.2, 0.25) is 0 Å². The van der Waals surface area contributed by atoms with Gasteiger partial charge in [0.15, 0.2) is 0 Å². The molecule has 41 heavy (non-hydrogen) atoms. The number of aryl methyl sites for hydroxylation is 1. The molecule has 1 aliphatic rings. The summed E-state index contributed by atoms with van der Waals surface area (Å²) in [6.07, 6.45) is -15.3. The normalized spacial score (nSPS) is 16.2. The third kappa shape index (κ3) is 7.47. The Hall–Kier alpha value is -3.40. The molecule has 1 N–H and O–H groups in total. The number of aliphatic hydroxyl groups is 1. The van der Waals surface area contributed by atoms with Gasteiger partial charge in [0.25, 0.3) is 5.95 Å². The highest BCUT2D eigenvalue weighted by Crippen LogP contribution is 2.39. The highest BCUT2D eigenvalue weighted by Gasteiger charge is 2.37. The molecular weight excluding hydrogens is 573 g/mol. The Morgan fingerprint density at radius 2 is 1.46 bits per heavy atom. The highest BCUT2D eigenvalue weighted by atomic mass is 19.4. The van der Waals surface area contributed by atoms with Gasteiger partial charge < -0.3 is 14.7 Å².